The normalized spacial score (nSPS) is 11.2. The van der Waals surface area contributed by atoms with Gasteiger partial charge < -0.3 is 5.32 Å². The van der Waals surface area contributed by atoms with Gasteiger partial charge in [0.1, 0.15) is 0 Å². The SMILES string of the molecule is CCCCCCCNC(=O)CCNS(=O)(=O)c1ccc([N+](=O)[O-])cc1. The number of nitro groups is 1. The van der Waals surface area contributed by atoms with Gasteiger partial charge in [0.2, 0.25) is 15.9 Å². The van der Waals surface area contributed by atoms with Gasteiger partial charge in [0.25, 0.3) is 5.69 Å². The van der Waals surface area contributed by atoms with Crippen molar-refractivity contribution in [2.45, 2.75) is 50.3 Å². The van der Waals surface area contributed by atoms with Gasteiger partial charge in [-0.2, -0.15) is 0 Å². The Hall–Kier alpha value is -2.00. The standard InChI is InChI=1S/C16H25N3O5S/c1-2-3-4-5-6-12-17-16(20)11-13-18-25(23,24)15-9-7-14(8-10-15)19(21)22/h7-10,18H,2-6,11-13H2,1H3,(H,17,20). The zero-order valence-corrected chi connectivity index (χ0v) is 15.2. The molecular formula is C16H25N3O5S. The number of hydrogen-bond donors (Lipinski definition) is 2. The zero-order chi connectivity index (χ0) is 18.7. The van der Waals surface area contributed by atoms with E-state index < -0.39 is 14.9 Å². The molecule has 0 unspecified atom stereocenters. The van der Waals surface area contributed by atoms with Crippen molar-refractivity contribution in [1.82, 2.24) is 10.0 Å². The third kappa shape index (κ3) is 8.08. The summed E-state index contributed by atoms with van der Waals surface area (Å²) in [4.78, 5) is 21.5. The van der Waals surface area contributed by atoms with Gasteiger partial charge in [0.05, 0.1) is 9.82 Å². The number of nitrogens with zero attached hydrogens (tertiary/aromatic N) is 1. The number of nitro benzene ring substituents is 1. The van der Waals surface area contributed by atoms with Crippen LogP contribution in [0.4, 0.5) is 5.69 Å². The van der Waals surface area contributed by atoms with E-state index >= 15 is 0 Å². The summed E-state index contributed by atoms with van der Waals surface area (Å²) in [6.45, 7) is 2.71. The van der Waals surface area contributed by atoms with Crippen molar-refractivity contribution in [3.63, 3.8) is 0 Å². The minimum absolute atomic E-state index is 0.0268. The van der Waals surface area contributed by atoms with Crippen LogP contribution in [0, 0.1) is 10.1 Å². The predicted molar refractivity (Wildman–Crippen MR) is 94.7 cm³/mol. The van der Waals surface area contributed by atoms with E-state index in [9.17, 15) is 23.3 Å². The van der Waals surface area contributed by atoms with Crippen molar-refractivity contribution in [3.05, 3.63) is 34.4 Å². The largest absolute Gasteiger partial charge is 0.356 e. The van der Waals surface area contributed by atoms with Crippen LogP contribution in [0.1, 0.15) is 45.4 Å². The molecule has 1 amide bonds. The fourth-order valence-electron chi connectivity index (χ4n) is 2.17. The summed E-state index contributed by atoms with van der Waals surface area (Å²) in [6, 6.07) is 4.58. The van der Waals surface area contributed by atoms with Crippen molar-refractivity contribution in [2.75, 3.05) is 13.1 Å². The van der Waals surface area contributed by atoms with E-state index in [1.54, 1.807) is 0 Å². The monoisotopic (exact) mass is 371 g/mol. The minimum Gasteiger partial charge on any atom is -0.356 e. The van der Waals surface area contributed by atoms with E-state index in [1.165, 1.54) is 12.8 Å². The Morgan fingerprint density at radius 2 is 1.72 bits per heavy atom. The maximum absolute atomic E-state index is 12.0. The summed E-state index contributed by atoms with van der Waals surface area (Å²) in [6.07, 6.45) is 5.55. The lowest BCUT2D eigenvalue weighted by Crippen LogP contribution is -2.31. The average Bonchev–Trinajstić information content (AvgIpc) is 2.58. The van der Waals surface area contributed by atoms with Crippen molar-refractivity contribution < 1.29 is 18.1 Å². The van der Waals surface area contributed by atoms with Gasteiger partial charge in [-0.25, -0.2) is 13.1 Å². The number of carbonyl (C=O) groups is 1. The fourth-order valence-corrected chi connectivity index (χ4v) is 3.21. The Kier molecular flexibility index (Phi) is 9.07. The summed E-state index contributed by atoms with van der Waals surface area (Å²) in [7, 11) is -3.79. The molecule has 8 nitrogen and oxygen atoms in total. The number of unbranched alkanes of at least 4 members (excludes halogenated alkanes) is 4. The number of non-ortho nitro benzene ring substituents is 1. The van der Waals surface area contributed by atoms with E-state index in [2.05, 4.69) is 17.0 Å². The zero-order valence-electron chi connectivity index (χ0n) is 14.4. The van der Waals surface area contributed by atoms with Crippen LogP contribution in [-0.2, 0) is 14.8 Å². The number of hydrogen-bond acceptors (Lipinski definition) is 5. The van der Waals surface area contributed by atoms with Gasteiger partial charge in [-0.1, -0.05) is 32.6 Å². The molecule has 0 fully saturated rings. The summed E-state index contributed by atoms with van der Waals surface area (Å²) in [5, 5.41) is 13.3. The molecule has 0 aliphatic rings. The molecule has 1 rings (SSSR count). The lowest BCUT2D eigenvalue weighted by molar-refractivity contribution is -0.384. The van der Waals surface area contributed by atoms with Crippen molar-refractivity contribution in [3.8, 4) is 0 Å². The van der Waals surface area contributed by atoms with Gasteiger partial charge in [-0.3, -0.25) is 14.9 Å². The van der Waals surface area contributed by atoms with Crippen LogP contribution in [0.3, 0.4) is 0 Å². The molecule has 0 spiro atoms. The molecule has 0 atom stereocenters. The maximum atomic E-state index is 12.0. The van der Waals surface area contributed by atoms with E-state index in [0.717, 1.165) is 43.5 Å². The molecule has 0 saturated carbocycles. The molecular weight excluding hydrogens is 346 g/mol. The molecule has 25 heavy (non-hydrogen) atoms. The average molecular weight is 371 g/mol. The van der Waals surface area contributed by atoms with Crippen molar-refractivity contribution in [1.29, 1.82) is 0 Å². The molecule has 0 saturated heterocycles. The third-order valence-corrected chi connectivity index (χ3v) is 5.08. The van der Waals surface area contributed by atoms with Crippen LogP contribution in [0.5, 0.6) is 0 Å². The number of amides is 1. The smallest absolute Gasteiger partial charge is 0.269 e. The Bertz CT molecular complexity index is 659. The van der Waals surface area contributed by atoms with E-state index in [0.29, 0.717) is 6.54 Å². The van der Waals surface area contributed by atoms with Crippen LogP contribution < -0.4 is 10.0 Å². The second kappa shape index (κ2) is 10.8. The van der Waals surface area contributed by atoms with Crippen molar-refractivity contribution in [2.24, 2.45) is 0 Å². The predicted octanol–water partition coefficient (Wildman–Crippen LogP) is 2.35. The summed E-state index contributed by atoms with van der Waals surface area (Å²) >= 11 is 0. The van der Waals surface area contributed by atoms with Gasteiger partial charge in [0.15, 0.2) is 0 Å². The highest BCUT2D eigenvalue weighted by Crippen LogP contribution is 2.15. The van der Waals surface area contributed by atoms with Crippen LogP contribution in [0.2, 0.25) is 0 Å². The summed E-state index contributed by atoms with van der Waals surface area (Å²) in [5.74, 6) is -0.207. The first-order chi connectivity index (χ1) is 11.9. The molecule has 0 aliphatic heterocycles. The Morgan fingerprint density at radius 1 is 1.08 bits per heavy atom. The number of benzene rings is 1. The number of carbonyl (C=O) groups excluding carboxylic acids is 1. The topological polar surface area (TPSA) is 118 Å². The summed E-state index contributed by atoms with van der Waals surface area (Å²) in [5.41, 5.74) is -0.183. The highest BCUT2D eigenvalue weighted by Gasteiger charge is 2.15. The van der Waals surface area contributed by atoms with Crippen LogP contribution >= 0.6 is 0 Å². The van der Waals surface area contributed by atoms with Crippen LogP contribution in [-0.4, -0.2) is 32.3 Å². The molecule has 1 aromatic rings. The van der Waals surface area contributed by atoms with Crippen molar-refractivity contribution >= 4 is 21.6 Å². The molecule has 0 radical (unpaired) electrons. The molecule has 2 N–H and O–H groups in total. The highest BCUT2D eigenvalue weighted by atomic mass is 32.2. The molecule has 1 aromatic carbocycles. The fraction of sp³-hybridized carbons (Fsp3) is 0.562. The van der Waals surface area contributed by atoms with E-state index in [-0.39, 0.29) is 29.5 Å². The first-order valence-electron chi connectivity index (χ1n) is 8.37. The molecule has 0 heterocycles. The molecule has 140 valence electrons. The highest BCUT2D eigenvalue weighted by molar-refractivity contribution is 7.89. The van der Waals surface area contributed by atoms with E-state index in [4.69, 9.17) is 0 Å². The Labute approximate surface area is 148 Å². The number of rotatable bonds is 12. The second-order valence-electron chi connectivity index (χ2n) is 5.66. The number of nitrogens with one attached hydrogen (secondary N) is 2. The number of sulfonamides is 1. The van der Waals surface area contributed by atoms with Gasteiger partial charge in [-0.05, 0) is 18.6 Å². The van der Waals surface area contributed by atoms with Gasteiger partial charge in [-0.15, -0.1) is 0 Å². The first kappa shape index (κ1) is 21.0. The molecule has 0 aromatic heterocycles. The minimum atomic E-state index is -3.79. The Balaban J connectivity index is 2.31. The van der Waals surface area contributed by atoms with Gasteiger partial charge >= 0.3 is 0 Å². The second-order valence-corrected chi connectivity index (χ2v) is 7.43. The lowest BCUT2D eigenvalue weighted by Gasteiger charge is -2.07. The summed E-state index contributed by atoms with van der Waals surface area (Å²) < 4.78 is 26.4. The Morgan fingerprint density at radius 3 is 2.32 bits per heavy atom. The first-order valence-corrected chi connectivity index (χ1v) is 9.86. The maximum Gasteiger partial charge on any atom is 0.269 e. The van der Waals surface area contributed by atoms with Gasteiger partial charge in [0, 0.05) is 31.6 Å². The quantitative estimate of drug-likeness (QED) is 0.332. The lowest BCUT2D eigenvalue weighted by atomic mass is 10.1. The van der Waals surface area contributed by atoms with Crippen LogP contribution in [0.25, 0.3) is 0 Å². The van der Waals surface area contributed by atoms with Crippen LogP contribution in [0.15, 0.2) is 29.2 Å². The molecule has 0 bridgehead atoms. The molecule has 0 aliphatic carbocycles. The third-order valence-electron chi connectivity index (χ3n) is 3.60. The molecule has 9 heteroatoms. The van der Waals surface area contributed by atoms with E-state index in [1.807, 2.05) is 0 Å².